The lowest BCUT2D eigenvalue weighted by Crippen LogP contribution is -2.28. The summed E-state index contributed by atoms with van der Waals surface area (Å²) in [5.74, 6) is -0.843. The van der Waals surface area contributed by atoms with E-state index in [1.165, 1.54) is 0 Å². The fraction of sp³-hybridized carbons (Fsp3) is 0.364. The van der Waals surface area contributed by atoms with E-state index in [9.17, 15) is 21.8 Å². The first-order valence-electron chi connectivity index (χ1n) is 5.81. The van der Waals surface area contributed by atoms with Crippen molar-refractivity contribution in [2.45, 2.75) is 11.8 Å². The molecule has 21 heavy (non-hydrogen) atoms. The van der Waals surface area contributed by atoms with E-state index in [1.54, 1.807) is 6.92 Å². The molecule has 0 fully saturated rings. The largest absolute Gasteiger partial charge is 0.351 e. The van der Waals surface area contributed by atoms with Gasteiger partial charge in [0, 0.05) is 34.4 Å². The van der Waals surface area contributed by atoms with E-state index in [-0.39, 0.29) is 22.3 Å². The van der Waals surface area contributed by atoms with Gasteiger partial charge in [-0.25, -0.2) is 17.9 Å². The molecule has 1 rings (SSSR count). The highest BCUT2D eigenvalue weighted by molar-refractivity contribution is 9.10. The second kappa shape index (κ2) is 7.43. The number of nitrogens with one attached hydrogen (secondary N) is 1. The average molecular weight is 401 g/mol. The standard InChI is InChI=1S/C11H14BrFN2O4S2/c1-2-20(17)4-3-15-11(16)7-5-8(13)10(12)9(6-7)21(14,18)19/h5-6H,2-4H2,1H3,(H,15,16)(H2,14,18,19). The Balaban J connectivity index is 2.96. The van der Waals surface area contributed by atoms with Crippen molar-refractivity contribution >= 4 is 42.7 Å². The monoisotopic (exact) mass is 400 g/mol. The van der Waals surface area contributed by atoms with Crippen LogP contribution in [0.15, 0.2) is 21.5 Å². The highest BCUT2D eigenvalue weighted by atomic mass is 79.9. The Labute approximate surface area is 132 Å². The van der Waals surface area contributed by atoms with E-state index in [0.717, 1.165) is 12.1 Å². The average Bonchev–Trinajstić information content (AvgIpc) is 2.39. The van der Waals surface area contributed by atoms with Crippen molar-refractivity contribution in [1.82, 2.24) is 5.32 Å². The second-order valence-corrected chi connectivity index (χ2v) is 8.19. The number of carbonyl (C=O) groups is 1. The molecular formula is C11H14BrFN2O4S2. The van der Waals surface area contributed by atoms with E-state index in [0.29, 0.717) is 5.75 Å². The Kier molecular flexibility index (Phi) is 6.44. The number of halogens is 2. The predicted molar refractivity (Wildman–Crippen MR) is 81.4 cm³/mol. The molecular weight excluding hydrogens is 387 g/mol. The summed E-state index contributed by atoms with van der Waals surface area (Å²) in [4.78, 5) is 11.3. The summed E-state index contributed by atoms with van der Waals surface area (Å²) in [6, 6.07) is 1.87. The van der Waals surface area contributed by atoms with Gasteiger partial charge in [-0.1, -0.05) is 6.92 Å². The number of hydrogen-bond acceptors (Lipinski definition) is 4. The molecule has 0 aliphatic rings. The molecule has 1 aromatic carbocycles. The Morgan fingerprint density at radius 3 is 2.62 bits per heavy atom. The van der Waals surface area contributed by atoms with Gasteiger partial charge in [0.25, 0.3) is 5.91 Å². The minimum Gasteiger partial charge on any atom is -0.351 e. The van der Waals surface area contributed by atoms with Crippen LogP contribution in [0.1, 0.15) is 17.3 Å². The van der Waals surface area contributed by atoms with Crippen LogP contribution in [0, 0.1) is 5.82 Å². The maximum atomic E-state index is 13.6. The van der Waals surface area contributed by atoms with Crippen molar-refractivity contribution in [2.75, 3.05) is 18.1 Å². The van der Waals surface area contributed by atoms with Gasteiger partial charge in [-0.15, -0.1) is 0 Å². The zero-order chi connectivity index (χ0) is 16.2. The van der Waals surface area contributed by atoms with Gasteiger partial charge in [-0.3, -0.25) is 9.00 Å². The highest BCUT2D eigenvalue weighted by Crippen LogP contribution is 2.25. The fourth-order valence-electron chi connectivity index (χ4n) is 1.43. The molecule has 0 spiro atoms. The predicted octanol–water partition coefficient (Wildman–Crippen LogP) is 0.734. The maximum Gasteiger partial charge on any atom is 0.251 e. The molecule has 118 valence electrons. The molecule has 10 heteroatoms. The maximum absolute atomic E-state index is 13.6. The van der Waals surface area contributed by atoms with Gasteiger partial charge < -0.3 is 5.32 Å². The van der Waals surface area contributed by atoms with Crippen LogP contribution in [-0.4, -0.2) is 36.6 Å². The zero-order valence-corrected chi connectivity index (χ0v) is 14.3. The van der Waals surface area contributed by atoms with Gasteiger partial charge in [0.1, 0.15) is 5.82 Å². The Hall–Kier alpha value is -0.840. The number of sulfonamides is 1. The quantitative estimate of drug-likeness (QED) is 0.733. The van der Waals surface area contributed by atoms with Crippen LogP contribution < -0.4 is 10.5 Å². The number of rotatable bonds is 6. The molecule has 0 aliphatic heterocycles. The van der Waals surface area contributed by atoms with Crippen LogP contribution in [0.5, 0.6) is 0 Å². The molecule has 3 N–H and O–H groups in total. The van der Waals surface area contributed by atoms with Gasteiger partial charge in [0.05, 0.1) is 9.37 Å². The number of primary sulfonamides is 1. The second-order valence-electron chi connectivity index (χ2n) is 4.00. The third-order valence-corrected chi connectivity index (χ3v) is 5.81. The van der Waals surface area contributed by atoms with Crippen molar-refractivity contribution in [3.63, 3.8) is 0 Å². The summed E-state index contributed by atoms with van der Waals surface area (Å²) in [6.45, 7) is 1.89. The van der Waals surface area contributed by atoms with Crippen LogP contribution in [0.25, 0.3) is 0 Å². The van der Waals surface area contributed by atoms with E-state index in [4.69, 9.17) is 5.14 Å². The van der Waals surface area contributed by atoms with Crippen molar-refractivity contribution in [3.8, 4) is 0 Å². The van der Waals surface area contributed by atoms with Crippen molar-refractivity contribution in [3.05, 3.63) is 28.0 Å². The van der Waals surface area contributed by atoms with E-state index < -0.39 is 37.4 Å². The molecule has 0 saturated carbocycles. The minimum atomic E-state index is -4.17. The first kappa shape index (κ1) is 18.2. The topological polar surface area (TPSA) is 106 Å². The lowest BCUT2D eigenvalue weighted by Gasteiger charge is -2.08. The summed E-state index contributed by atoms with van der Waals surface area (Å²) < 4.78 is 47.2. The van der Waals surface area contributed by atoms with Gasteiger partial charge in [0.15, 0.2) is 0 Å². The Morgan fingerprint density at radius 2 is 2.10 bits per heavy atom. The molecule has 0 saturated heterocycles. The van der Waals surface area contributed by atoms with Gasteiger partial charge in [-0.05, 0) is 28.1 Å². The van der Waals surface area contributed by atoms with Crippen LogP contribution in [0.3, 0.4) is 0 Å². The molecule has 0 aliphatic carbocycles. The first-order valence-corrected chi connectivity index (χ1v) is 9.64. The highest BCUT2D eigenvalue weighted by Gasteiger charge is 2.20. The lowest BCUT2D eigenvalue weighted by atomic mass is 10.2. The summed E-state index contributed by atoms with van der Waals surface area (Å²) in [5.41, 5.74) is -0.179. The number of amides is 1. The molecule has 1 aromatic rings. The molecule has 0 aromatic heterocycles. The third-order valence-electron chi connectivity index (χ3n) is 2.50. The molecule has 0 radical (unpaired) electrons. The summed E-state index contributed by atoms with van der Waals surface area (Å²) in [5, 5.41) is 7.40. The van der Waals surface area contributed by atoms with Gasteiger partial charge >= 0.3 is 0 Å². The number of carbonyl (C=O) groups excluding carboxylic acids is 1. The number of nitrogens with two attached hydrogens (primary N) is 1. The molecule has 0 heterocycles. The fourth-order valence-corrected chi connectivity index (χ4v) is 3.59. The van der Waals surface area contributed by atoms with Crippen molar-refractivity contribution < 1.29 is 21.8 Å². The van der Waals surface area contributed by atoms with Crippen molar-refractivity contribution in [2.24, 2.45) is 5.14 Å². The van der Waals surface area contributed by atoms with E-state index in [2.05, 4.69) is 21.2 Å². The number of hydrogen-bond donors (Lipinski definition) is 2. The van der Waals surface area contributed by atoms with Gasteiger partial charge in [-0.2, -0.15) is 0 Å². The molecule has 1 unspecified atom stereocenters. The number of benzene rings is 1. The SMILES string of the molecule is CCS(=O)CCNC(=O)c1cc(F)c(Br)c(S(N)(=O)=O)c1. The first-order chi connectivity index (χ1) is 9.66. The normalized spacial score (nSPS) is 13.0. The Bertz CT molecular complexity index is 679. The van der Waals surface area contributed by atoms with Crippen molar-refractivity contribution in [1.29, 1.82) is 0 Å². The summed E-state index contributed by atoms with van der Waals surface area (Å²) >= 11 is 2.77. The van der Waals surface area contributed by atoms with Crippen LogP contribution >= 0.6 is 15.9 Å². The molecule has 0 bridgehead atoms. The molecule has 1 amide bonds. The van der Waals surface area contributed by atoms with Crippen LogP contribution in [0.2, 0.25) is 0 Å². The van der Waals surface area contributed by atoms with E-state index >= 15 is 0 Å². The Morgan fingerprint density at radius 1 is 1.48 bits per heavy atom. The third kappa shape index (κ3) is 5.13. The zero-order valence-electron chi connectivity index (χ0n) is 11.1. The summed E-state index contributed by atoms with van der Waals surface area (Å²) in [6.07, 6.45) is 0. The molecule has 6 nitrogen and oxygen atoms in total. The van der Waals surface area contributed by atoms with Crippen LogP contribution in [0.4, 0.5) is 4.39 Å². The minimum absolute atomic E-state index is 0.141. The molecule has 1 atom stereocenters. The van der Waals surface area contributed by atoms with Crippen LogP contribution in [-0.2, 0) is 20.8 Å². The lowest BCUT2D eigenvalue weighted by molar-refractivity contribution is 0.0955. The summed E-state index contributed by atoms with van der Waals surface area (Å²) in [7, 11) is -5.20. The smallest absolute Gasteiger partial charge is 0.251 e. The van der Waals surface area contributed by atoms with Gasteiger partial charge in [0.2, 0.25) is 10.0 Å². The van der Waals surface area contributed by atoms with E-state index in [1.807, 2.05) is 0 Å².